The van der Waals surface area contributed by atoms with Crippen molar-refractivity contribution < 1.29 is 14.4 Å². The minimum Gasteiger partial charge on any atom is -0.289 e. The molecule has 0 fully saturated rings. The number of aryl methyl sites for hydroxylation is 1. The Labute approximate surface area is 165 Å². The molecule has 1 heterocycles. The topological polar surface area (TPSA) is 54.5 Å². The molecule has 2 aromatic carbocycles. The molecule has 0 radical (unpaired) electrons. The molecule has 0 aliphatic carbocycles. The molecule has 144 valence electrons. The molecule has 0 aromatic heterocycles. The van der Waals surface area contributed by atoms with Crippen LogP contribution in [0.3, 0.4) is 0 Å². The Morgan fingerprint density at radius 3 is 1.86 bits per heavy atom. The van der Waals surface area contributed by atoms with Gasteiger partial charge in [-0.1, -0.05) is 45.9 Å². The van der Waals surface area contributed by atoms with E-state index in [1.807, 2.05) is 25.1 Å². The first-order valence-corrected chi connectivity index (χ1v) is 9.56. The molecule has 4 heteroatoms. The molecular weight excluding hydrogens is 350 g/mol. The molecule has 0 bridgehead atoms. The smallest absolute Gasteiger partial charge is 0.258 e. The van der Waals surface area contributed by atoms with Crippen LogP contribution in [0.15, 0.2) is 48.6 Å². The Morgan fingerprint density at radius 1 is 0.857 bits per heavy atom. The number of ketones is 1. The highest BCUT2D eigenvalue weighted by atomic mass is 16.2. The van der Waals surface area contributed by atoms with Crippen LogP contribution in [0.25, 0.3) is 0 Å². The monoisotopic (exact) mass is 375 g/mol. The second-order valence-corrected chi connectivity index (χ2v) is 7.80. The minimum absolute atomic E-state index is 0.0279. The van der Waals surface area contributed by atoms with E-state index in [0.29, 0.717) is 16.8 Å². The summed E-state index contributed by atoms with van der Waals surface area (Å²) in [7, 11) is 0. The molecule has 3 rings (SSSR count). The van der Waals surface area contributed by atoms with E-state index in [2.05, 4.69) is 27.7 Å². The Morgan fingerprint density at radius 2 is 1.39 bits per heavy atom. The molecule has 0 saturated heterocycles. The summed E-state index contributed by atoms with van der Waals surface area (Å²) in [4.78, 5) is 38.5. The highest BCUT2D eigenvalue weighted by Crippen LogP contribution is 2.31. The highest BCUT2D eigenvalue weighted by Gasteiger charge is 2.27. The van der Waals surface area contributed by atoms with Gasteiger partial charge in [-0.3, -0.25) is 14.4 Å². The number of carbonyl (C=O) groups is 3. The van der Waals surface area contributed by atoms with Crippen molar-refractivity contribution in [3.63, 3.8) is 0 Å². The number of benzene rings is 2. The lowest BCUT2D eigenvalue weighted by Gasteiger charge is -2.20. The first-order valence-electron chi connectivity index (χ1n) is 9.56. The van der Waals surface area contributed by atoms with E-state index in [4.69, 9.17) is 0 Å². The van der Waals surface area contributed by atoms with Gasteiger partial charge in [0.05, 0.1) is 5.69 Å². The average molecular weight is 375 g/mol. The summed E-state index contributed by atoms with van der Waals surface area (Å²) in [6.45, 7) is 10.2. The Kier molecular flexibility index (Phi) is 5.32. The van der Waals surface area contributed by atoms with E-state index in [1.165, 1.54) is 12.2 Å². The van der Waals surface area contributed by atoms with Crippen molar-refractivity contribution >= 4 is 23.3 Å². The van der Waals surface area contributed by atoms with Crippen molar-refractivity contribution in [2.75, 3.05) is 4.90 Å². The van der Waals surface area contributed by atoms with Crippen LogP contribution in [0.2, 0.25) is 0 Å². The van der Waals surface area contributed by atoms with Gasteiger partial charge in [-0.2, -0.15) is 0 Å². The van der Waals surface area contributed by atoms with Gasteiger partial charge in [-0.05, 0) is 53.6 Å². The van der Waals surface area contributed by atoms with E-state index in [1.54, 1.807) is 18.2 Å². The molecule has 2 aromatic rings. The third-order valence-electron chi connectivity index (χ3n) is 5.11. The summed E-state index contributed by atoms with van der Waals surface area (Å²) in [5, 5.41) is 0. The first-order chi connectivity index (χ1) is 13.2. The predicted octanol–water partition coefficient (Wildman–Crippen LogP) is 4.90. The van der Waals surface area contributed by atoms with Crippen molar-refractivity contribution in [1.82, 2.24) is 0 Å². The van der Waals surface area contributed by atoms with Crippen molar-refractivity contribution in [2.24, 2.45) is 0 Å². The van der Waals surface area contributed by atoms with Crippen molar-refractivity contribution in [1.29, 1.82) is 0 Å². The number of nitrogens with zero attached hydrogens (tertiary/aromatic N) is 1. The van der Waals surface area contributed by atoms with Gasteiger partial charge in [0.2, 0.25) is 0 Å². The van der Waals surface area contributed by atoms with Gasteiger partial charge in [0.1, 0.15) is 0 Å². The Hall–Kier alpha value is -3.01. The number of hydrogen-bond acceptors (Lipinski definition) is 3. The fourth-order valence-corrected chi connectivity index (χ4v) is 3.64. The lowest BCUT2D eigenvalue weighted by atomic mass is 9.84. The number of carbonyl (C=O) groups excluding carboxylic acids is 3. The summed E-state index contributed by atoms with van der Waals surface area (Å²) in [5.41, 5.74) is 4.61. The largest absolute Gasteiger partial charge is 0.289 e. The van der Waals surface area contributed by atoms with Crippen LogP contribution in [-0.2, 0) is 9.59 Å². The zero-order chi connectivity index (χ0) is 20.6. The standard InChI is InChI=1S/C24H25NO3/c1-14(2)18-7-6-8-19(15(3)4)23(18)24(28)17-9-10-20(16(5)13-17)25-21(26)11-12-22(25)27/h6-15H,1-5H3. The number of hydrogen-bond donors (Lipinski definition) is 0. The quantitative estimate of drug-likeness (QED) is 0.551. The highest BCUT2D eigenvalue weighted by molar-refractivity contribution is 6.28. The van der Waals surface area contributed by atoms with Crippen molar-refractivity contribution in [3.05, 3.63) is 76.4 Å². The van der Waals surface area contributed by atoms with Crippen LogP contribution in [0, 0.1) is 6.92 Å². The number of anilines is 1. The molecule has 2 amide bonds. The maximum atomic E-state index is 13.5. The van der Waals surface area contributed by atoms with E-state index >= 15 is 0 Å². The van der Waals surface area contributed by atoms with Crippen LogP contribution in [0.4, 0.5) is 5.69 Å². The van der Waals surface area contributed by atoms with E-state index in [0.717, 1.165) is 21.6 Å². The Bertz CT molecular complexity index is 955. The van der Waals surface area contributed by atoms with Crippen LogP contribution >= 0.6 is 0 Å². The van der Waals surface area contributed by atoms with Gasteiger partial charge in [0, 0.05) is 23.3 Å². The second kappa shape index (κ2) is 7.55. The second-order valence-electron chi connectivity index (χ2n) is 7.80. The lowest BCUT2D eigenvalue weighted by molar-refractivity contribution is -0.120. The SMILES string of the molecule is Cc1cc(C(=O)c2c(C(C)C)cccc2C(C)C)ccc1N1C(=O)C=CC1=O. The maximum absolute atomic E-state index is 13.5. The van der Waals surface area contributed by atoms with Gasteiger partial charge in [-0.25, -0.2) is 4.90 Å². The van der Waals surface area contributed by atoms with Crippen LogP contribution < -0.4 is 4.90 Å². The third kappa shape index (κ3) is 3.42. The fraction of sp³-hybridized carbons (Fsp3) is 0.292. The Balaban J connectivity index is 2.06. The summed E-state index contributed by atoms with van der Waals surface area (Å²) < 4.78 is 0. The summed E-state index contributed by atoms with van der Waals surface area (Å²) in [6, 6.07) is 11.2. The van der Waals surface area contributed by atoms with Gasteiger partial charge in [0.25, 0.3) is 11.8 Å². The molecule has 28 heavy (non-hydrogen) atoms. The molecular formula is C24H25NO3. The summed E-state index contributed by atoms with van der Waals surface area (Å²) in [5.74, 6) is -0.299. The number of amides is 2. The fourth-order valence-electron chi connectivity index (χ4n) is 3.64. The predicted molar refractivity (Wildman–Crippen MR) is 111 cm³/mol. The third-order valence-corrected chi connectivity index (χ3v) is 5.11. The zero-order valence-electron chi connectivity index (χ0n) is 16.9. The first kappa shape index (κ1) is 19.7. The number of rotatable bonds is 5. The van der Waals surface area contributed by atoms with Crippen LogP contribution in [-0.4, -0.2) is 17.6 Å². The van der Waals surface area contributed by atoms with Gasteiger partial charge in [-0.15, -0.1) is 0 Å². The molecule has 0 saturated carbocycles. The van der Waals surface area contributed by atoms with E-state index in [-0.39, 0.29) is 29.4 Å². The van der Waals surface area contributed by atoms with Crippen LogP contribution in [0.5, 0.6) is 0 Å². The zero-order valence-corrected chi connectivity index (χ0v) is 16.9. The van der Waals surface area contributed by atoms with Gasteiger partial charge >= 0.3 is 0 Å². The minimum atomic E-state index is -0.362. The van der Waals surface area contributed by atoms with E-state index in [9.17, 15) is 14.4 Å². The lowest BCUT2D eigenvalue weighted by Crippen LogP contribution is -2.30. The van der Waals surface area contributed by atoms with Crippen LogP contribution in [0.1, 0.15) is 72.1 Å². The molecule has 1 aliphatic rings. The number of imide groups is 1. The molecule has 1 aliphatic heterocycles. The van der Waals surface area contributed by atoms with Crippen molar-refractivity contribution in [3.8, 4) is 0 Å². The molecule has 0 atom stereocenters. The molecule has 0 spiro atoms. The van der Waals surface area contributed by atoms with Crippen molar-refractivity contribution in [2.45, 2.75) is 46.5 Å². The van der Waals surface area contributed by atoms with Gasteiger partial charge in [0.15, 0.2) is 5.78 Å². The summed E-state index contributed by atoms with van der Waals surface area (Å²) >= 11 is 0. The average Bonchev–Trinajstić information content (AvgIpc) is 2.98. The molecule has 0 unspecified atom stereocenters. The molecule has 4 nitrogen and oxygen atoms in total. The van der Waals surface area contributed by atoms with Gasteiger partial charge < -0.3 is 0 Å². The normalized spacial score (nSPS) is 13.9. The summed E-state index contributed by atoms with van der Waals surface area (Å²) in [6.07, 6.45) is 2.52. The molecule has 0 N–H and O–H groups in total. The van der Waals surface area contributed by atoms with E-state index < -0.39 is 0 Å². The maximum Gasteiger partial charge on any atom is 0.258 e.